The van der Waals surface area contributed by atoms with E-state index in [1.807, 2.05) is 0 Å². The van der Waals surface area contributed by atoms with Crippen molar-refractivity contribution in [1.29, 1.82) is 0 Å². The maximum Gasteiger partial charge on any atom is 0.276 e. The normalized spacial score (nSPS) is 10.2. The number of amides is 2. The summed E-state index contributed by atoms with van der Waals surface area (Å²) in [6.45, 7) is 1.25. The molecule has 2 rings (SSSR count). The topological polar surface area (TPSA) is 79.3 Å². The van der Waals surface area contributed by atoms with Gasteiger partial charge in [0.15, 0.2) is 0 Å². The third-order valence-corrected chi connectivity index (χ3v) is 2.22. The Balaban J connectivity index is 2.47. The second-order valence-corrected chi connectivity index (χ2v) is 3.56. The molecule has 0 radical (unpaired) electrons. The van der Waals surface area contributed by atoms with Gasteiger partial charge in [-0.2, -0.15) is 0 Å². The monoisotopic (exact) mass is 230 g/mol. The first-order chi connectivity index (χ1) is 8.08. The van der Waals surface area contributed by atoms with Crippen molar-refractivity contribution in [1.82, 2.24) is 10.3 Å². The number of phenols is 1. The van der Waals surface area contributed by atoms with Gasteiger partial charge in [0.2, 0.25) is 5.91 Å². The van der Waals surface area contributed by atoms with Crippen LogP contribution in [-0.2, 0) is 4.79 Å². The molecule has 1 aromatic heterocycles. The van der Waals surface area contributed by atoms with Crippen molar-refractivity contribution in [3.63, 3.8) is 0 Å². The first-order valence-electron chi connectivity index (χ1n) is 4.98. The van der Waals surface area contributed by atoms with Crippen LogP contribution < -0.4 is 5.32 Å². The molecule has 0 unspecified atom stereocenters. The van der Waals surface area contributed by atoms with Crippen molar-refractivity contribution in [2.24, 2.45) is 0 Å². The molecule has 2 amide bonds. The van der Waals surface area contributed by atoms with Crippen LogP contribution in [0.25, 0.3) is 10.9 Å². The largest absolute Gasteiger partial charge is 0.506 e. The van der Waals surface area contributed by atoms with E-state index in [4.69, 9.17) is 0 Å². The number of imide groups is 1. The Bertz CT molecular complexity index is 608. The number of pyridine rings is 1. The van der Waals surface area contributed by atoms with E-state index in [1.54, 1.807) is 18.2 Å². The predicted octanol–water partition coefficient (Wildman–Crippen LogP) is 1.22. The van der Waals surface area contributed by atoms with Crippen molar-refractivity contribution in [3.05, 3.63) is 36.0 Å². The van der Waals surface area contributed by atoms with E-state index in [-0.39, 0.29) is 11.4 Å². The highest BCUT2D eigenvalue weighted by Gasteiger charge is 2.10. The van der Waals surface area contributed by atoms with Gasteiger partial charge in [-0.15, -0.1) is 0 Å². The predicted molar refractivity (Wildman–Crippen MR) is 61.6 cm³/mol. The van der Waals surface area contributed by atoms with Crippen LogP contribution in [0.3, 0.4) is 0 Å². The van der Waals surface area contributed by atoms with Crippen LogP contribution >= 0.6 is 0 Å². The second kappa shape index (κ2) is 4.21. The number of carbonyl (C=O) groups is 2. The van der Waals surface area contributed by atoms with E-state index in [0.29, 0.717) is 5.52 Å². The highest BCUT2D eigenvalue weighted by atomic mass is 16.3. The zero-order chi connectivity index (χ0) is 12.4. The minimum atomic E-state index is -0.581. The molecule has 0 bridgehead atoms. The average Bonchev–Trinajstić information content (AvgIpc) is 2.28. The fraction of sp³-hybridized carbons (Fsp3) is 0.0833. The molecule has 0 aliphatic carbocycles. The molecule has 2 N–H and O–H groups in total. The van der Waals surface area contributed by atoms with Gasteiger partial charge in [0.25, 0.3) is 5.91 Å². The Morgan fingerprint density at radius 3 is 2.71 bits per heavy atom. The summed E-state index contributed by atoms with van der Waals surface area (Å²) >= 11 is 0. The highest BCUT2D eigenvalue weighted by molar-refractivity contribution is 6.04. The third-order valence-electron chi connectivity index (χ3n) is 2.22. The van der Waals surface area contributed by atoms with Gasteiger partial charge in [0, 0.05) is 12.3 Å². The van der Waals surface area contributed by atoms with Crippen molar-refractivity contribution >= 4 is 22.7 Å². The van der Waals surface area contributed by atoms with E-state index < -0.39 is 11.8 Å². The van der Waals surface area contributed by atoms with Crippen LogP contribution in [0, 0.1) is 0 Å². The maximum absolute atomic E-state index is 11.5. The molecule has 0 saturated carbocycles. The first kappa shape index (κ1) is 11.1. The molecule has 0 aliphatic heterocycles. The molecular formula is C12H10N2O3. The van der Waals surface area contributed by atoms with Crippen molar-refractivity contribution in [3.8, 4) is 5.75 Å². The number of aromatic hydroxyl groups is 1. The summed E-state index contributed by atoms with van der Waals surface area (Å²) in [4.78, 5) is 26.3. The molecule has 1 aromatic carbocycles. The van der Waals surface area contributed by atoms with Crippen molar-refractivity contribution < 1.29 is 14.7 Å². The number of hydrogen-bond donors (Lipinski definition) is 2. The summed E-state index contributed by atoms with van der Waals surface area (Å²) < 4.78 is 0. The molecule has 86 valence electrons. The van der Waals surface area contributed by atoms with Crippen molar-refractivity contribution in [2.75, 3.05) is 0 Å². The van der Waals surface area contributed by atoms with Gasteiger partial charge in [-0.25, -0.2) is 4.98 Å². The number of aromatic nitrogens is 1. The van der Waals surface area contributed by atoms with Crippen LogP contribution in [0.1, 0.15) is 17.4 Å². The number of nitrogens with zero attached hydrogens (tertiary/aromatic N) is 1. The van der Waals surface area contributed by atoms with E-state index >= 15 is 0 Å². The molecule has 1 heterocycles. The lowest BCUT2D eigenvalue weighted by Crippen LogP contribution is -2.28. The summed E-state index contributed by atoms with van der Waals surface area (Å²) in [7, 11) is 0. The lowest BCUT2D eigenvalue weighted by atomic mass is 10.2. The van der Waals surface area contributed by atoms with Crippen LogP contribution in [0.2, 0.25) is 0 Å². The number of para-hydroxylation sites is 1. The SMILES string of the molecule is CC(=O)NC(=O)c1ccc2cccc(O)c2n1. The first-order valence-corrected chi connectivity index (χ1v) is 4.98. The van der Waals surface area contributed by atoms with Gasteiger partial charge < -0.3 is 5.11 Å². The lowest BCUT2D eigenvalue weighted by molar-refractivity contribution is -0.118. The summed E-state index contributed by atoms with van der Waals surface area (Å²) in [5.41, 5.74) is 0.429. The molecule has 0 atom stereocenters. The number of benzene rings is 1. The molecule has 2 aromatic rings. The standard InChI is InChI=1S/C12H10N2O3/c1-7(15)13-12(17)9-6-5-8-3-2-4-10(16)11(8)14-9/h2-6,16H,1H3,(H,13,15,17). The quantitative estimate of drug-likeness (QED) is 0.771. The minimum Gasteiger partial charge on any atom is -0.506 e. The van der Waals surface area contributed by atoms with Gasteiger partial charge in [0.05, 0.1) is 0 Å². The van der Waals surface area contributed by atoms with Crippen LogP contribution in [0.4, 0.5) is 0 Å². The van der Waals surface area contributed by atoms with Crippen LogP contribution in [0.15, 0.2) is 30.3 Å². The van der Waals surface area contributed by atoms with E-state index in [2.05, 4.69) is 10.3 Å². The molecule has 5 heteroatoms. The molecule has 17 heavy (non-hydrogen) atoms. The molecule has 0 spiro atoms. The summed E-state index contributed by atoms with van der Waals surface area (Å²) in [6, 6.07) is 8.11. The summed E-state index contributed by atoms with van der Waals surface area (Å²) in [5.74, 6) is -1.03. The van der Waals surface area contributed by atoms with Gasteiger partial charge in [-0.05, 0) is 12.1 Å². The van der Waals surface area contributed by atoms with E-state index in [9.17, 15) is 14.7 Å². The summed E-state index contributed by atoms with van der Waals surface area (Å²) in [6.07, 6.45) is 0. The number of carbonyl (C=O) groups excluding carboxylic acids is 2. The Morgan fingerprint density at radius 1 is 1.24 bits per heavy atom. The molecule has 5 nitrogen and oxygen atoms in total. The highest BCUT2D eigenvalue weighted by Crippen LogP contribution is 2.22. The fourth-order valence-electron chi connectivity index (χ4n) is 1.48. The minimum absolute atomic E-state index is 0.0000231. The Labute approximate surface area is 97.1 Å². The molecule has 0 saturated heterocycles. The Morgan fingerprint density at radius 2 is 2.00 bits per heavy atom. The second-order valence-electron chi connectivity index (χ2n) is 3.56. The zero-order valence-corrected chi connectivity index (χ0v) is 9.10. The Hall–Kier alpha value is -2.43. The maximum atomic E-state index is 11.5. The number of phenolic OH excluding ortho intramolecular Hbond substituents is 1. The van der Waals surface area contributed by atoms with Gasteiger partial charge >= 0.3 is 0 Å². The summed E-state index contributed by atoms with van der Waals surface area (Å²) in [5, 5.41) is 12.4. The third kappa shape index (κ3) is 2.23. The zero-order valence-electron chi connectivity index (χ0n) is 9.10. The number of rotatable bonds is 1. The molecule has 0 fully saturated rings. The van der Waals surface area contributed by atoms with Crippen molar-refractivity contribution in [2.45, 2.75) is 6.92 Å². The van der Waals surface area contributed by atoms with Crippen LogP contribution in [-0.4, -0.2) is 21.9 Å². The molecule has 0 aliphatic rings. The van der Waals surface area contributed by atoms with Crippen LogP contribution in [0.5, 0.6) is 5.75 Å². The molecular weight excluding hydrogens is 220 g/mol. The Kier molecular flexibility index (Phi) is 2.74. The fourth-order valence-corrected chi connectivity index (χ4v) is 1.48. The van der Waals surface area contributed by atoms with Gasteiger partial charge in [-0.1, -0.05) is 18.2 Å². The smallest absolute Gasteiger partial charge is 0.276 e. The number of fused-ring (bicyclic) bond motifs is 1. The number of hydrogen-bond acceptors (Lipinski definition) is 4. The van der Waals surface area contributed by atoms with E-state index in [0.717, 1.165) is 5.39 Å². The van der Waals surface area contributed by atoms with Gasteiger partial charge in [-0.3, -0.25) is 14.9 Å². The van der Waals surface area contributed by atoms with Gasteiger partial charge in [0.1, 0.15) is 17.0 Å². The van der Waals surface area contributed by atoms with E-state index in [1.165, 1.54) is 19.1 Å². The average molecular weight is 230 g/mol. The number of nitrogens with one attached hydrogen (secondary N) is 1. The lowest BCUT2D eigenvalue weighted by Gasteiger charge is -2.03.